The third-order valence-corrected chi connectivity index (χ3v) is 4.70. The Morgan fingerprint density at radius 1 is 1.23 bits per heavy atom. The van der Waals surface area contributed by atoms with Crippen molar-refractivity contribution in [3.8, 4) is 0 Å². The van der Waals surface area contributed by atoms with E-state index in [4.69, 9.17) is 16.3 Å². The molecule has 5 heteroatoms. The molecule has 0 amide bonds. The number of pyridine rings is 1. The third kappa shape index (κ3) is 2.78. The standard InChI is InChI=1S/C17H20ClN3O/c18-17-14(11-19-12-5-6-12)16(21-7-9-22-10-8-21)13-3-1-2-4-15(13)20-17/h1-4,12,19H,5-11H2. The van der Waals surface area contributed by atoms with Crippen LogP contribution < -0.4 is 10.2 Å². The van der Waals surface area contributed by atoms with Crippen molar-refractivity contribution >= 4 is 28.2 Å². The van der Waals surface area contributed by atoms with Crippen LogP contribution in [0.15, 0.2) is 24.3 Å². The topological polar surface area (TPSA) is 37.4 Å². The number of rotatable bonds is 4. The second kappa shape index (κ2) is 6.03. The van der Waals surface area contributed by atoms with E-state index < -0.39 is 0 Å². The predicted molar refractivity (Wildman–Crippen MR) is 89.6 cm³/mol. The summed E-state index contributed by atoms with van der Waals surface area (Å²) in [7, 11) is 0. The number of morpholine rings is 1. The van der Waals surface area contributed by atoms with Gasteiger partial charge in [0, 0.05) is 36.6 Å². The van der Waals surface area contributed by atoms with Gasteiger partial charge in [-0.25, -0.2) is 4.98 Å². The Hall–Kier alpha value is -1.36. The van der Waals surface area contributed by atoms with Crippen LogP contribution in [-0.2, 0) is 11.3 Å². The van der Waals surface area contributed by atoms with Gasteiger partial charge in [0.2, 0.25) is 0 Å². The summed E-state index contributed by atoms with van der Waals surface area (Å²) in [5.74, 6) is 0. The summed E-state index contributed by atoms with van der Waals surface area (Å²) >= 11 is 6.52. The zero-order valence-electron chi connectivity index (χ0n) is 12.5. The molecular weight excluding hydrogens is 298 g/mol. The summed E-state index contributed by atoms with van der Waals surface area (Å²) in [6.07, 6.45) is 2.54. The first kappa shape index (κ1) is 14.2. The van der Waals surface area contributed by atoms with Crippen LogP contribution in [0.3, 0.4) is 0 Å². The van der Waals surface area contributed by atoms with Gasteiger partial charge in [0.05, 0.1) is 24.4 Å². The summed E-state index contributed by atoms with van der Waals surface area (Å²) < 4.78 is 5.51. The average molecular weight is 318 g/mol. The lowest BCUT2D eigenvalue weighted by atomic mass is 10.1. The number of ether oxygens (including phenoxy) is 1. The van der Waals surface area contributed by atoms with Gasteiger partial charge in [-0.1, -0.05) is 29.8 Å². The van der Waals surface area contributed by atoms with E-state index in [9.17, 15) is 0 Å². The van der Waals surface area contributed by atoms with Crippen LogP contribution in [0.4, 0.5) is 5.69 Å². The first-order valence-corrected chi connectivity index (χ1v) is 8.34. The van der Waals surface area contributed by atoms with E-state index in [-0.39, 0.29) is 0 Å². The number of nitrogens with zero attached hydrogens (tertiary/aromatic N) is 2. The largest absolute Gasteiger partial charge is 0.378 e. The molecule has 22 heavy (non-hydrogen) atoms. The van der Waals surface area contributed by atoms with Gasteiger partial charge in [0.15, 0.2) is 0 Å². The molecule has 4 nitrogen and oxygen atoms in total. The molecule has 116 valence electrons. The second-order valence-corrected chi connectivity index (χ2v) is 6.36. The molecule has 2 aromatic rings. The molecule has 1 N–H and O–H groups in total. The number of hydrogen-bond donors (Lipinski definition) is 1. The maximum Gasteiger partial charge on any atom is 0.136 e. The number of aromatic nitrogens is 1. The molecule has 1 aromatic carbocycles. The van der Waals surface area contributed by atoms with Crippen molar-refractivity contribution in [3.63, 3.8) is 0 Å². The van der Waals surface area contributed by atoms with Crippen LogP contribution in [0.5, 0.6) is 0 Å². The molecule has 4 rings (SSSR count). The predicted octanol–water partition coefficient (Wildman–Crippen LogP) is 2.98. The zero-order chi connectivity index (χ0) is 14.9. The Balaban J connectivity index is 1.80. The molecule has 0 spiro atoms. The Labute approximate surface area is 135 Å². The Kier molecular flexibility index (Phi) is 3.90. The summed E-state index contributed by atoms with van der Waals surface area (Å²) in [6, 6.07) is 8.91. The van der Waals surface area contributed by atoms with Crippen molar-refractivity contribution in [2.24, 2.45) is 0 Å². The van der Waals surface area contributed by atoms with E-state index in [1.165, 1.54) is 23.9 Å². The van der Waals surface area contributed by atoms with Crippen LogP contribution in [0.1, 0.15) is 18.4 Å². The van der Waals surface area contributed by atoms with Gasteiger partial charge in [-0.2, -0.15) is 0 Å². The first-order chi connectivity index (χ1) is 10.8. The van der Waals surface area contributed by atoms with Gasteiger partial charge >= 0.3 is 0 Å². The molecule has 2 aliphatic rings. The van der Waals surface area contributed by atoms with Crippen molar-refractivity contribution < 1.29 is 4.74 Å². The number of hydrogen-bond acceptors (Lipinski definition) is 4. The monoisotopic (exact) mass is 317 g/mol. The lowest BCUT2D eigenvalue weighted by Crippen LogP contribution is -2.37. The minimum atomic E-state index is 0.619. The van der Waals surface area contributed by atoms with Gasteiger partial charge in [0.25, 0.3) is 0 Å². The van der Waals surface area contributed by atoms with Gasteiger partial charge in [-0.3, -0.25) is 0 Å². The average Bonchev–Trinajstić information content (AvgIpc) is 3.37. The van der Waals surface area contributed by atoms with E-state index in [1.54, 1.807) is 0 Å². The number of benzene rings is 1. The summed E-state index contributed by atoms with van der Waals surface area (Å²) in [5, 5.41) is 5.38. The highest BCUT2D eigenvalue weighted by Crippen LogP contribution is 2.35. The number of para-hydroxylation sites is 1. The van der Waals surface area contributed by atoms with Crippen molar-refractivity contribution in [1.82, 2.24) is 10.3 Å². The zero-order valence-corrected chi connectivity index (χ0v) is 13.3. The van der Waals surface area contributed by atoms with E-state index in [1.807, 2.05) is 12.1 Å². The van der Waals surface area contributed by atoms with Gasteiger partial charge < -0.3 is 15.0 Å². The van der Waals surface area contributed by atoms with Crippen LogP contribution >= 0.6 is 11.6 Å². The third-order valence-electron chi connectivity index (χ3n) is 4.38. The van der Waals surface area contributed by atoms with Crippen LogP contribution in [0.25, 0.3) is 10.9 Å². The fourth-order valence-corrected chi connectivity index (χ4v) is 3.29. The molecule has 1 saturated carbocycles. The van der Waals surface area contributed by atoms with E-state index in [0.717, 1.165) is 43.9 Å². The molecule has 1 aliphatic heterocycles. The molecular formula is C17H20ClN3O. The highest BCUT2D eigenvalue weighted by Gasteiger charge is 2.24. The minimum Gasteiger partial charge on any atom is -0.378 e. The molecule has 0 radical (unpaired) electrons. The van der Waals surface area contributed by atoms with E-state index in [2.05, 4.69) is 27.3 Å². The first-order valence-electron chi connectivity index (χ1n) is 7.96. The molecule has 0 unspecified atom stereocenters. The molecule has 2 fully saturated rings. The Morgan fingerprint density at radius 2 is 2.00 bits per heavy atom. The molecule has 1 saturated heterocycles. The summed E-state index contributed by atoms with van der Waals surface area (Å²) in [6.45, 7) is 4.13. The molecule has 1 aromatic heterocycles. The highest BCUT2D eigenvalue weighted by atomic mass is 35.5. The fraction of sp³-hybridized carbons (Fsp3) is 0.471. The SMILES string of the molecule is Clc1nc2ccccc2c(N2CCOCC2)c1CNC1CC1. The maximum absolute atomic E-state index is 6.52. The minimum absolute atomic E-state index is 0.619. The fourth-order valence-electron chi connectivity index (χ4n) is 3.04. The summed E-state index contributed by atoms with van der Waals surface area (Å²) in [5.41, 5.74) is 3.31. The molecule has 0 atom stereocenters. The molecule has 0 bridgehead atoms. The number of nitrogens with one attached hydrogen (secondary N) is 1. The summed E-state index contributed by atoms with van der Waals surface area (Å²) in [4.78, 5) is 6.99. The quantitative estimate of drug-likeness (QED) is 0.880. The van der Waals surface area contributed by atoms with Gasteiger partial charge in [0.1, 0.15) is 5.15 Å². The maximum atomic E-state index is 6.52. The van der Waals surface area contributed by atoms with Crippen molar-refractivity contribution in [2.45, 2.75) is 25.4 Å². The van der Waals surface area contributed by atoms with Crippen LogP contribution in [0.2, 0.25) is 5.15 Å². The smallest absolute Gasteiger partial charge is 0.136 e. The van der Waals surface area contributed by atoms with Crippen molar-refractivity contribution in [3.05, 3.63) is 35.0 Å². The van der Waals surface area contributed by atoms with Crippen molar-refractivity contribution in [2.75, 3.05) is 31.2 Å². The van der Waals surface area contributed by atoms with Crippen LogP contribution in [-0.4, -0.2) is 37.3 Å². The number of anilines is 1. The van der Waals surface area contributed by atoms with E-state index >= 15 is 0 Å². The molecule has 2 heterocycles. The van der Waals surface area contributed by atoms with Crippen molar-refractivity contribution in [1.29, 1.82) is 0 Å². The lowest BCUT2D eigenvalue weighted by Gasteiger charge is -2.32. The Morgan fingerprint density at radius 3 is 2.77 bits per heavy atom. The second-order valence-electron chi connectivity index (χ2n) is 6.00. The van der Waals surface area contributed by atoms with Crippen LogP contribution in [0, 0.1) is 0 Å². The normalized spacial score (nSPS) is 18.9. The molecule has 1 aliphatic carbocycles. The van der Waals surface area contributed by atoms with Gasteiger partial charge in [-0.15, -0.1) is 0 Å². The number of halogens is 1. The van der Waals surface area contributed by atoms with E-state index in [0.29, 0.717) is 11.2 Å². The van der Waals surface area contributed by atoms with Gasteiger partial charge in [-0.05, 0) is 18.9 Å². The number of fused-ring (bicyclic) bond motifs is 1. The Bertz CT molecular complexity index is 681. The lowest BCUT2D eigenvalue weighted by molar-refractivity contribution is 0.122. The highest BCUT2D eigenvalue weighted by molar-refractivity contribution is 6.31.